The monoisotopic (exact) mass is 467 g/mol. The summed E-state index contributed by atoms with van der Waals surface area (Å²) in [6, 6.07) is 4.22. The number of rotatable bonds is 5. The van der Waals surface area contributed by atoms with Crippen molar-refractivity contribution in [2.24, 2.45) is 0 Å². The molecule has 0 aromatic carbocycles. The third-order valence-corrected chi connectivity index (χ3v) is 5.79. The van der Waals surface area contributed by atoms with Crippen LogP contribution in [0, 0.1) is 23.2 Å². The number of aromatic nitrogens is 1. The van der Waals surface area contributed by atoms with Crippen LogP contribution in [0.4, 0.5) is 5.69 Å². The Hall–Kier alpha value is -2.12. The quantitative estimate of drug-likeness (QED) is 0.553. The van der Waals surface area contributed by atoms with Gasteiger partial charge in [-0.05, 0) is 93.1 Å². The first-order chi connectivity index (χ1) is 15.7. The van der Waals surface area contributed by atoms with Gasteiger partial charge in [0.25, 0.3) is 0 Å². The second kappa shape index (κ2) is 10.2. The van der Waals surface area contributed by atoms with Crippen molar-refractivity contribution in [1.82, 2.24) is 4.98 Å². The summed E-state index contributed by atoms with van der Waals surface area (Å²) in [5.41, 5.74) is 1.16. The minimum absolute atomic E-state index is 0.0947. The van der Waals surface area contributed by atoms with E-state index in [1.165, 1.54) is 0 Å². The van der Waals surface area contributed by atoms with E-state index in [0.29, 0.717) is 23.5 Å². The van der Waals surface area contributed by atoms with Crippen LogP contribution in [0.15, 0.2) is 12.3 Å². The molecule has 1 saturated carbocycles. The number of anilines is 1. The maximum Gasteiger partial charge on any atom is 0.124 e. The Balaban J connectivity index is 1.58. The van der Waals surface area contributed by atoms with Crippen LogP contribution in [-0.4, -0.2) is 53.2 Å². The fourth-order valence-corrected chi connectivity index (χ4v) is 4.60. The zero-order valence-electron chi connectivity index (χ0n) is 22.2. The van der Waals surface area contributed by atoms with Crippen molar-refractivity contribution < 1.29 is 14.2 Å². The summed E-state index contributed by atoms with van der Waals surface area (Å²) < 4.78 is 18.4. The average Bonchev–Trinajstić information content (AvgIpc) is 2.68. The molecule has 2 fully saturated rings. The first-order valence-electron chi connectivity index (χ1n) is 12.4. The molecule has 1 aromatic rings. The van der Waals surface area contributed by atoms with Gasteiger partial charge in [-0.1, -0.05) is 5.92 Å². The van der Waals surface area contributed by atoms with Crippen LogP contribution < -0.4 is 4.90 Å². The molecular formula is C28H41N3O3. The molecule has 0 unspecified atom stereocenters. The lowest BCUT2D eigenvalue weighted by Crippen LogP contribution is -2.45. The maximum absolute atomic E-state index is 9.63. The Bertz CT molecular complexity index is 942. The van der Waals surface area contributed by atoms with Gasteiger partial charge < -0.3 is 19.1 Å². The Morgan fingerprint density at radius 3 is 2.15 bits per heavy atom. The van der Waals surface area contributed by atoms with Gasteiger partial charge in [0.05, 0.1) is 40.8 Å². The third-order valence-electron chi connectivity index (χ3n) is 5.79. The predicted octanol–water partition coefficient (Wildman–Crippen LogP) is 5.23. The lowest BCUT2D eigenvalue weighted by atomic mass is 9.90. The highest BCUT2D eigenvalue weighted by molar-refractivity contribution is 5.61. The highest BCUT2D eigenvalue weighted by atomic mass is 16.5. The van der Waals surface area contributed by atoms with Crippen LogP contribution in [0.3, 0.4) is 0 Å². The number of hydrogen-bond acceptors (Lipinski definition) is 6. The van der Waals surface area contributed by atoms with E-state index >= 15 is 0 Å². The number of piperidine rings is 1. The van der Waals surface area contributed by atoms with E-state index in [0.717, 1.165) is 44.5 Å². The van der Waals surface area contributed by atoms with Crippen molar-refractivity contribution in [3.05, 3.63) is 23.5 Å². The van der Waals surface area contributed by atoms with Crippen LogP contribution in [0.2, 0.25) is 0 Å². The van der Waals surface area contributed by atoms with Gasteiger partial charge in [0.1, 0.15) is 17.4 Å². The number of ether oxygens (including phenoxy) is 3. The largest absolute Gasteiger partial charge is 0.375 e. The fraction of sp³-hybridized carbons (Fsp3) is 0.714. The molecule has 2 aliphatic rings. The second-order valence-electron chi connectivity index (χ2n) is 11.9. The Morgan fingerprint density at radius 2 is 1.59 bits per heavy atom. The molecule has 6 heteroatoms. The van der Waals surface area contributed by atoms with Crippen LogP contribution >= 0.6 is 0 Å². The van der Waals surface area contributed by atoms with Gasteiger partial charge in [-0.25, -0.2) is 4.98 Å². The molecule has 6 nitrogen and oxygen atoms in total. The fourth-order valence-electron chi connectivity index (χ4n) is 4.60. The molecule has 0 N–H and O–H groups in total. The van der Waals surface area contributed by atoms with E-state index in [2.05, 4.69) is 48.6 Å². The summed E-state index contributed by atoms with van der Waals surface area (Å²) in [5.74, 6) is 6.34. The molecule has 3 rings (SSSR count). The Morgan fingerprint density at radius 1 is 0.941 bits per heavy atom. The van der Waals surface area contributed by atoms with Crippen molar-refractivity contribution >= 4 is 5.69 Å². The zero-order valence-corrected chi connectivity index (χ0v) is 22.2. The number of nitriles is 1. The summed E-state index contributed by atoms with van der Waals surface area (Å²) in [6.45, 7) is 18.0. The van der Waals surface area contributed by atoms with E-state index in [1.54, 1.807) is 6.20 Å². The SMILES string of the molecule is CC(C)(C)OC1CC(OC2CCN(c3cc(C#CC(C)(C)OC(C)(C)C)ncc3C#N)CC2)C1. The van der Waals surface area contributed by atoms with Crippen LogP contribution in [-0.2, 0) is 14.2 Å². The Labute approximate surface area is 206 Å². The predicted molar refractivity (Wildman–Crippen MR) is 135 cm³/mol. The first-order valence-corrected chi connectivity index (χ1v) is 12.4. The van der Waals surface area contributed by atoms with Gasteiger partial charge >= 0.3 is 0 Å². The number of pyridine rings is 1. The summed E-state index contributed by atoms with van der Waals surface area (Å²) in [5, 5.41) is 9.63. The van der Waals surface area contributed by atoms with Gasteiger partial charge in [0.2, 0.25) is 0 Å². The van der Waals surface area contributed by atoms with Crippen LogP contribution in [0.25, 0.3) is 0 Å². The summed E-state index contributed by atoms with van der Waals surface area (Å²) in [7, 11) is 0. The summed E-state index contributed by atoms with van der Waals surface area (Å²) >= 11 is 0. The van der Waals surface area contributed by atoms with E-state index in [4.69, 9.17) is 14.2 Å². The van der Waals surface area contributed by atoms with E-state index in [1.807, 2.05) is 40.7 Å². The Kier molecular flexibility index (Phi) is 7.98. The molecule has 0 radical (unpaired) electrons. The summed E-state index contributed by atoms with van der Waals surface area (Å²) in [4.78, 5) is 6.65. The molecular weight excluding hydrogens is 426 g/mol. The van der Waals surface area contributed by atoms with Crippen molar-refractivity contribution in [3.63, 3.8) is 0 Å². The zero-order chi connectivity index (χ0) is 25.1. The average molecular weight is 468 g/mol. The molecule has 0 atom stereocenters. The van der Waals surface area contributed by atoms with Gasteiger partial charge in [-0.15, -0.1) is 0 Å². The molecule has 186 valence electrons. The number of nitrogens with zero attached hydrogens (tertiary/aromatic N) is 3. The molecule has 1 aliphatic carbocycles. The topological polar surface area (TPSA) is 67.6 Å². The summed E-state index contributed by atoms with van der Waals surface area (Å²) in [6.07, 6.45) is 6.38. The molecule has 1 saturated heterocycles. The van der Waals surface area contributed by atoms with Crippen molar-refractivity contribution in [2.45, 2.75) is 116 Å². The third kappa shape index (κ3) is 7.98. The molecule has 0 bridgehead atoms. The molecule has 1 aromatic heterocycles. The van der Waals surface area contributed by atoms with E-state index in [-0.39, 0.29) is 17.3 Å². The second-order valence-corrected chi connectivity index (χ2v) is 11.9. The minimum atomic E-state index is -0.595. The van der Waals surface area contributed by atoms with Crippen LogP contribution in [0.5, 0.6) is 0 Å². The lowest BCUT2D eigenvalue weighted by molar-refractivity contribution is -0.164. The van der Waals surface area contributed by atoms with E-state index < -0.39 is 5.60 Å². The smallest absolute Gasteiger partial charge is 0.124 e. The standard InChI is InChI=1S/C28H41N3O3/c1-26(2,3)33-24-16-23(17-24)32-22-10-13-31(14-11-22)25-15-21(30-19-20(25)18-29)9-12-28(7,8)34-27(4,5)6/h15,19,22-24H,10-11,13-14,16-17H2,1-8H3. The molecule has 1 aliphatic heterocycles. The van der Waals surface area contributed by atoms with Crippen molar-refractivity contribution in [3.8, 4) is 17.9 Å². The van der Waals surface area contributed by atoms with Gasteiger partial charge in [0, 0.05) is 19.3 Å². The molecule has 0 amide bonds. The van der Waals surface area contributed by atoms with Crippen molar-refractivity contribution in [1.29, 1.82) is 5.26 Å². The normalized spacial score (nSPS) is 21.9. The van der Waals surface area contributed by atoms with Gasteiger partial charge in [0.15, 0.2) is 0 Å². The first kappa shape index (κ1) is 26.5. The van der Waals surface area contributed by atoms with Gasteiger partial charge in [-0.3, -0.25) is 0 Å². The maximum atomic E-state index is 9.63. The van der Waals surface area contributed by atoms with Crippen LogP contribution in [0.1, 0.15) is 92.3 Å². The molecule has 2 heterocycles. The van der Waals surface area contributed by atoms with E-state index in [9.17, 15) is 5.26 Å². The highest BCUT2D eigenvalue weighted by Crippen LogP contribution is 2.33. The molecule has 34 heavy (non-hydrogen) atoms. The van der Waals surface area contributed by atoms with Crippen molar-refractivity contribution in [2.75, 3.05) is 18.0 Å². The van der Waals surface area contributed by atoms with Gasteiger partial charge in [-0.2, -0.15) is 5.26 Å². The lowest BCUT2D eigenvalue weighted by Gasteiger charge is -2.42. The minimum Gasteiger partial charge on any atom is -0.375 e. The highest BCUT2D eigenvalue weighted by Gasteiger charge is 2.36. The molecule has 0 spiro atoms. The number of hydrogen-bond donors (Lipinski definition) is 0.